The first kappa shape index (κ1) is 13.3. The van der Waals surface area contributed by atoms with Gasteiger partial charge in [-0.1, -0.05) is 0 Å². The number of likely N-dealkylation sites (N-methyl/N-ethyl adjacent to an activating group) is 1. The molecule has 1 aromatic rings. The predicted molar refractivity (Wildman–Crippen MR) is 65.3 cm³/mol. The molecule has 1 atom stereocenters. The maximum atomic E-state index is 12.0. The zero-order valence-electron chi connectivity index (χ0n) is 10.3. The molecule has 0 radical (unpaired) electrons. The highest BCUT2D eigenvalue weighted by Gasteiger charge is 2.17. The summed E-state index contributed by atoms with van der Waals surface area (Å²) in [6, 6.07) is 4.43. The van der Waals surface area contributed by atoms with Crippen LogP contribution in [-0.2, 0) is 0 Å². The van der Waals surface area contributed by atoms with Gasteiger partial charge in [0.25, 0.3) is 5.91 Å². The van der Waals surface area contributed by atoms with E-state index in [1.807, 2.05) is 6.92 Å². The summed E-state index contributed by atoms with van der Waals surface area (Å²) < 4.78 is 5.01. The topological polar surface area (TPSA) is 75.8 Å². The number of aromatic hydroxyl groups is 1. The summed E-state index contributed by atoms with van der Waals surface area (Å²) in [5.41, 5.74) is 5.84. The molecule has 0 bridgehead atoms. The van der Waals surface area contributed by atoms with E-state index < -0.39 is 0 Å². The molecular formula is C12H18N2O3. The van der Waals surface area contributed by atoms with Crippen LogP contribution in [0, 0.1) is 0 Å². The number of ether oxygens (including phenoxy) is 1. The second kappa shape index (κ2) is 5.54. The average Bonchev–Trinajstić information content (AvgIpc) is 2.28. The molecule has 0 aliphatic heterocycles. The van der Waals surface area contributed by atoms with E-state index in [0.717, 1.165) is 0 Å². The SMILES string of the molecule is COc1ccc(O)c(C(=O)N(C)CC(C)N)c1. The van der Waals surface area contributed by atoms with Crippen molar-refractivity contribution in [2.45, 2.75) is 13.0 Å². The van der Waals surface area contributed by atoms with E-state index in [-0.39, 0.29) is 23.3 Å². The Morgan fingerprint density at radius 2 is 2.24 bits per heavy atom. The van der Waals surface area contributed by atoms with Gasteiger partial charge in [0.2, 0.25) is 0 Å². The highest BCUT2D eigenvalue weighted by atomic mass is 16.5. The van der Waals surface area contributed by atoms with Crippen molar-refractivity contribution in [1.29, 1.82) is 0 Å². The third kappa shape index (κ3) is 3.35. The highest BCUT2D eigenvalue weighted by Crippen LogP contribution is 2.23. The lowest BCUT2D eigenvalue weighted by Crippen LogP contribution is -2.36. The molecule has 1 rings (SSSR count). The number of phenols is 1. The van der Waals surface area contributed by atoms with E-state index in [2.05, 4.69) is 0 Å². The number of nitrogens with two attached hydrogens (primary N) is 1. The number of hydrogen-bond donors (Lipinski definition) is 2. The van der Waals surface area contributed by atoms with Gasteiger partial charge in [0.15, 0.2) is 0 Å². The third-order valence-electron chi connectivity index (χ3n) is 2.34. The molecule has 0 saturated heterocycles. The molecule has 0 fully saturated rings. The van der Waals surface area contributed by atoms with E-state index in [9.17, 15) is 9.90 Å². The van der Waals surface area contributed by atoms with E-state index in [1.54, 1.807) is 13.1 Å². The van der Waals surface area contributed by atoms with Gasteiger partial charge in [0, 0.05) is 19.6 Å². The zero-order valence-corrected chi connectivity index (χ0v) is 10.3. The lowest BCUT2D eigenvalue weighted by atomic mass is 10.1. The van der Waals surface area contributed by atoms with Crippen molar-refractivity contribution in [3.05, 3.63) is 23.8 Å². The molecule has 0 saturated carbocycles. The maximum Gasteiger partial charge on any atom is 0.257 e. The number of hydrogen-bond acceptors (Lipinski definition) is 4. The minimum absolute atomic E-state index is 0.0627. The van der Waals surface area contributed by atoms with E-state index in [4.69, 9.17) is 10.5 Å². The Bertz CT molecular complexity index is 405. The zero-order chi connectivity index (χ0) is 13.0. The quantitative estimate of drug-likeness (QED) is 0.814. The largest absolute Gasteiger partial charge is 0.507 e. The number of nitrogens with zero attached hydrogens (tertiary/aromatic N) is 1. The number of methoxy groups -OCH3 is 1. The van der Waals surface area contributed by atoms with Crippen molar-refractivity contribution >= 4 is 5.91 Å². The Balaban J connectivity index is 2.94. The van der Waals surface area contributed by atoms with Crippen LogP contribution in [0.3, 0.4) is 0 Å². The van der Waals surface area contributed by atoms with Gasteiger partial charge >= 0.3 is 0 Å². The van der Waals surface area contributed by atoms with Crippen LogP contribution in [-0.4, -0.2) is 42.7 Å². The van der Waals surface area contributed by atoms with Crippen LogP contribution >= 0.6 is 0 Å². The normalized spacial score (nSPS) is 12.0. The summed E-state index contributed by atoms with van der Waals surface area (Å²) in [5, 5.41) is 9.65. The van der Waals surface area contributed by atoms with Crippen LogP contribution in [0.5, 0.6) is 11.5 Å². The van der Waals surface area contributed by atoms with E-state index in [1.165, 1.54) is 24.1 Å². The summed E-state index contributed by atoms with van der Waals surface area (Å²) in [5.74, 6) is 0.186. The van der Waals surface area contributed by atoms with Crippen molar-refractivity contribution in [3.8, 4) is 11.5 Å². The van der Waals surface area contributed by atoms with Crippen LogP contribution in [0.4, 0.5) is 0 Å². The van der Waals surface area contributed by atoms with Crippen LogP contribution in [0.15, 0.2) is 18.2 Å². The first-order valence-corrected chi connectivity index (χ1v) is 5.33. The monoisotopic (exact) mass is 238 g/mol. The number of carbonyl (C=O) groups excluding carboxylic acids is 1. The van der Waals surface area contributed by atoms with E-state index >= 15 is 0 Å². The minimum Gasteiger partial charge on any atom is -0.507 e. The predicted octanol–water partition coefficient (Wildman–Crippen LogP) is 0.820. The van der Waals surface area contributed by atoms with Gasteiger partial charge in [-0.2, -0.15) is 0 Å². The van der Waals surface area contributed by atoms with Gasteiger partial charge in [0.1, 0.15) is 11.5 Å². The highest BCUT2D eigenvalue weighted by molar-refractivity contribution is 5.97. The van der Waals surface area contributed by atoms with Crippen molar-refractivity contribution in [3.63, 3.8) is 0 Å². The van der Waals surface area contributed by atoms with Crippen LogP contribution in [0.2, 0.25) is 0 Å². The molecule has 0 aromatic heterocycles. The molecule has 1 amide bonds. The van der Waals surface area contributed by atoms with Gasteiger partial charge < -0.3 is 20.5 Å². The summed E-state index contributed by atoms with van der Waals surface area (Å²) in [4.78, 5) is 13.5. The van der Waals surface area contributed by atoms with E-state index in [0.29, 0.717) is 12.3 Å². The average molecular weight is 238 g/mol. The fraction of sp³-hybridized carbons (Fsp3) is 0.417. The molecule has 0 heterocycles. The molecule has 5 nitrogen and oxygen atoms in total. The first-order valence-electron chi connectivity index (χ1n) is 5.33. The van der Waals surface area contributed by atoms with Crippen LogP contribution < -0.4 is 10.5 Å². The lowest BCUT2D eigenvalue weighted by Gasteiger charge is -2.20. The van der Waals surface area contributed by atoms with Gasteiger partial charge in [0.05, 0.1) is 12.7 Å². The van der Waals surface area contributed by atoms with Crippen molar-refractivity contribution < 1.29 is 14.6 Å². The third-order valence-corrected chi connectivity index (χ3v) is 2.34. The molecule has 17 heavy (non-hydrogen) atoms. The summed E-state index contributed by atoms with van der Waals surface area (Å²) in [6.45, 7) is 2.24. The van der Waals surface area contributed by atoms with Crippen molar-refractivity contribution in [2.24, 2.45) is 5.73 Å². The standard InChI is InChI=1S/C12H18N2O3/c1-8(13)7-14(2)12(16)10-6-9(17-3)4-5-11(10)15/h4-6,8,15H,7,13H2,1-3H3. The molecule has 0 spiro atoms. The second-order valence-electron chi connectivity index (χ2n) is 4.05. The molecular weight excluding hydrogens is 220 g/mol. The fourth-order valence-corrected chi connectivity index (χ4v) is 1.53. The Morgan fingerprint density at radius 1 is 1.59 bits per heavy atom. The molecule has 1 unspecified atom stereocenters. The van der Waals surface area contributed by atoms with Gasteiger partial charge in [-0.3, -0.25) is 4.79 Å². The Morgan fingerprint density at radius 3 is 2.76 bits per heavy atom. The van der Waals surface area contributed by atoms with Crippen molar-refractivity contribution in [1.82, 2.24) is 4.90 Å². The van der Waals surface area contributed by atoms with Gasteiger partial charge in [-0.15, -0.1) is 0 Å². The summed E-state index contributed by atoms with van der Waals surface area (Å²) >= 11 is 0. The molecule has 5 heteroatoms. The first-order chi connectivity index (χ1) is 7.95. The lowest BCUT2D eigenvalue weighted by molar-refractivity contribution is 0.0785. The van der Waals surface area contributed by atoms with Crippen LogP contribution in [0.25, 0.3) is 0 Å². The Hall–Kier alpha value is -1.75. The van der Waals surface area contributed by atoms with Crippen LogP contribution in [0.1, 0.15) is 17.3 Å². The fourth-order valence-electron chi connectivity index (χ4n) is 1.53. The molecule has 3 N–H and O–H groups in total. The smallest absolute Gasteiger partial charge is 0.257 e. The number of phenolic OH excluding ortho intramolecular Hbond substituents is 1. The number of amides is 1. The molecule has 0 aliphatic carbocycles. The Kier molecular flexibility index (Phi) is 4.34. The second-order valence-corrected chi connectivity index (χ2v) is 4.05. The van der Waals surface area contributed by atoms with Crippen molar-refractivity contribution in [2.75, 3.05) is 20.7 Å². The minimum atomic E-state index is -0.279. The maximum absolute atomic E-state index is 12.0. The number of rotatable bonds is 4. The van der Waals surface area contributed by atoms with Gasteiger partial charge in [-0.25, -0.2) is 0 Å². The number of benzene rings is 1. The molecule has 1 aromatic carbocycles. The molecule has 0 aliphatic rings. The summed E-state index contributed by atoms with van der Waals surface area (Å²) in [6.07, 6.45) is 0. The molecule has 94 valence electrons. The number of carbonyl (C=O) groups is 1. The Labute approximate surface area is 101 Å². The summed E-state index contributed by atoms with van der Waals surface area (Å²) in [7, 11) is 3.15. The van der Waals surface area contributed by atoms with Gasteiger partial charge in [-0.05, 0) is 25.1 Å².